The van der Waals surface area contributed by atoms with Gasteiger partial charge in [0, 0.05) is 12.1 Å². The molecule has 3 aromatic rings. The summed E-state index contributed by atoms with van der Waals surface area (Å²) in [5.41, 5.74) is 1.60. The molecule has 0 aliphatic heterocycles. The van der Waals surface area contributed by atoms with Gasteiger partial charge in [0.25, 0.3) is 0 Å². The summed E-state index contributed by atoms with van der Waals surface area (Å²) < 4.78 is 29.0. The Morgan fingerprint density at radius 3 is 2.10 bits per heavy atom. The van der Waals surface area contributed by atoms with Gasteiger partial charge in [-0.25, -0.2) is 8.78 Å². The zero-order chi connectivity index (χ0) is 21.9. The predicted molar refractivity (Wildman–Crippen MR) is 117 cm³/mol. The molecule has 0 aliphatic carbocycles. The monoisotopic (exact) mass is 424 g/mol. The molecule has 0 unspecified atom stereocenters. The number of thiocarbonyl (C=S) groups is 1. The standard InChI is InChI=1S/C24H22F2N2OS/c1-24(2,3)17-12-14-28(15-13-17)21(22(29)16-8-10-18(25)11-9-16)23(30)27-20-7-5-4-6-19(20)26/h4-15H,1-3H3,(H-,27,29,30). The van der Waals surface area contributed by atoms with Crippen LogP contribution in [0.4, 0.5) is 14.5 Å². The molecule has 154 valence electrons. The Bertz CT molecular complexity index is 1090. The van der Waals surface area contributed by atoms with Crippen LogP contribution >= 0.6 is 12.2 Å². The van der Waals surface area contributed by atoms with Crippen molar-refractivity contribution in [1.29, 1.82) is 0 Å². The molecule has 6 heteroatoms. The van der Waals surface area contributed by atoms with E-state index < -0.39 is 17.4 Å². The first-order valence-corrected chi connectivity index (χ1v) is 9.83. The van der Waals surface area contributed by atoms with E-state index in [9.17, 15) is 13.9 Å². The molecule has 0 spiro atoms. The fourth-order valence-corrected chi connectivity index (χ4v) is 3.20. The molecule has 0 saturated carbocycles. The zero-order valence-corrected chi connectivity index (χ0v) is 17.8. The lowest BCUT2D eigenvalue weighted by Gasteiger charge is -2.19. The normalized spacial score (nSPS) is 12.3. The van der Waals surface area contributed by atoms with Crippen molar-refractivity contribution in [1.82, 2.24) is 0 Å². The van der Waals surface area contributed by atoms with E-state index in [1.807, 2.05) is 12.1 Å². The van der Waals surface area contributed by atoms with E-state index in [0.29, 0.717) is 0 Å². The lowest BCUT2D eigenvalue weighted by molar-refractivity contribution is -0.577. The number of anilines is 1. The van der Waals surface area contributed by atoms with Gasteiger partial charge in [0.1, 0.15) is 11.6 Å². The lowest BCUT2D eigenvalue weighted by atomic mass is 9.88. The van der Waals surface area contributed by atoms with Gasteiger partial charge in [0.15, 0.2) is 17.4 Å². The number of rotatable bonds is 4. The van der Waals surface area contributed by atoms with Gasteiger partial charge in [-0.1, -0.05) is 57.3 Å². The van der Waals surface area contributed by atoms with Crippen molar-refractivity contribution in [2.24, 2.45) is 0 Å². The molecule has 3 rings (SSSR count). The minimum atomic E-state index is -0.485. The number of aromatic nitrogens is 1. The SMILES string of the molecule is CC(C)(C)c1cc[n+](C(C(=S)Nc2ccccc2F)=C([O-])c2ccc(F)cc2)cc1. The van der Waals surface area contributed by atoms with Crippen LogP contribution in [0.1, 0.15) is 31.9 Å². The molecule has 3 nitrogen and oxygen atoms in total. The summed E-state index contributed by atoms with van der Waals surface area (Å²) in [4.78, 5) is 0.0583. The van der Waals surface area contributed by atoms with Gasteiger partial charge in [-0.15, -0.1) is 0 Å². The van der Waals surface area contributed by atoms with Gasteiger partial charge in [0.05, 0.1) is 5.69 Å². The van der Waals surface area contributed by atoms with Gasteiger partial charge in [-0.3, -0.25) is 0 Å². The number of hydrogen-bond acceptors (Lipinski definition) is 2. The number of halogens is 2. The van der Waals surface area contributed by atoms with Crippen LogP contribution in [0.25, 0.3) is 11.5 Å². The quantitative estimate of drug-likeness (QED) is 0.286. The molecule has 0 radical (unpaired) electrons. The number of pyridine rings is 1. The molecule has 0 bridgehead atoms. The summed E-state index contributed by atoms with van der Waals surface area (Å²) in [5, 5.41) is 16.1. The Balaban J connectivity index is 2.09. The fourth-order valence-electron chi connectivity index (χ4n) is 2.90. The highest BCUT2D eigenvalue weighted by molar-refractivity contribution is 7.81. The van der Waals surface area contributed by atoms with E-state index in [1.54, 1.807) is 29.1 Å². The molecule has 2 aromatic carbocycles. The predicted octanol–water partition coefficient (Wildman–Crippen LogP) is 4.68. The summed E-state index contributed by atoms with van der Waals surface area (Å²) in [6.07, 6.45) is 3.49. The third-order valence-electron chi connectivity index (χ3n) is 4.61. The fraction of sp³-hybridized carbons (Fsp3) is 0.167. The largest absolute Gasteiger partial charge is 0.867 e. The number of nitrogens with zero attached hydrogens (tertiary/aromatic N) is 1. The number of benzene rings is 2. The van der Waals surface area contributed by atoms with Gasteiger partial charge in [-0.05, 0) is 46.6 Å². The Morgan fingerprint density at radius 2 is 1.53 bits per heavy atom. The van der Waals surface area contributed by atoms with Crippen molar-refractivity contribution in [2.75, 3.05) is 5.32 Å². The minimum absolute atomic E-state index is 0.0583. The number of para-hydroxylation sites is 1. The molecule has 0 saturated heterocycles. The second kappa shape index (κ2) is 8.71. The Morgan fingerprint density at radius 1 is 0.933 bits per heavy atom. The molecule has 1 N–H and O–H groups in total. The second-order valence-corrected chi connectivity index (χ2v) is 8.27. The lowest BCUT2D eigenvalue weighted by Crippen LogP contribution is -2.40. The maximum Gasteiger partial charge on any atom is 0.238 e. The first-order valence-electron chi connectivity index (χ1n) is 9.42. The summed E-state index contributed by atoms with van der Waals surface area (Å²) in [6, 6.07) is 15.1. The van der Waals surface area contributed by atoms with E-state index in [4.69, 9.17) is 12.2 Å². The first-order chi connectivity index (χ1) is 14.2. The van der Waals surface area contributed by atoms with Crippen LogP contribution in [-0.4, -0.2) is 4.99 Å². The smallest absolute Gasteiger partial charge is 0.238 e. The van der Waals surface area contributed by atoms with Crippen LogP contribution in [-0.2, 0) is 5.41 Å². The average molecular weight is 425 g/mol. The van der Waals surface area contributed by atoms with Crippen LogP contribution < -0.4 is 15.0 Å². The van der Waals surface area contributed by atoms with Crippen molar-refractivity contribution < 1.29 is 18.5 Å². The highest BCUT2D eigenvalue weighted by Gasteiger charge is 2.22. The molecule has 1 heterocycles. The van der Waals surface area contributed by atoms with Crippen molar-refractivity contribution >= 4 is 34.3 Å². The van der Waals surface area contributed by atoms with Crippen molar-refractivity contribution in [3.05, 3.63) is 95.8 Å². The summed E-state index contributed by atoms with van der Waals surface area (Å²) in [6.45, 7) is 6.27. The van der Waals surface area contributed by atoms with E-state index in [0.717, 1.165) is 5.56 Å². The van der Waals surface area contributed by atoms with Crippen LogP contribution in [0.5, 0.6) is 0 Å². The van der Waals surface area contributed by atoms with Crippen LogP contribution in [0.3, 0.4) is 0 Å². The third-order valence-corrected chi connectivity index (χ3v) is 4.91. The van der Waals surface area contributed by atoms with E-state index in [2.05, 4.69) is 26.1 Å². The highest BCUT2D eigenvalue weighted by atomic mass is 32.1. The molecule has 0 aliphatic rings. The molecular weight excluding hydrogens is 402 g/mol. The van der Waals surface area contributed by atoms with Gasteiger partial charge < -0.3 is 10.4 Å². The number of nitrogens with one attached hydrogen (secondary N) is 1. The highest BCUT2D eigenvalue weighted by Crippen LogP contribution is 2.22. The molecule has 30 heavy (non-hydrogen) atoms. The number of hydrogen-bond donors (Lipinski definition) is 1. The third kappa shape index (κ3) is 4.89. The molecular formula is C24H22F2N2OS. The summed E-state index contributed by atoms with van der Waals surface area (Å²) in [5.74, 6) is -1.33. The van der Waals surface area contributed by atoms with Crippen LogP contribution in [0.2, 0.25) is 0 Å². The van der Waals surface area contributed by atoms with Crippen LogP contribution in [0, 0.1) is 11.6 Å². The van der Waals surface area contributed by atoms with Gasteiger partial charge in [0.2, 0.25) is 5.70 Å². The molecule has 0 atom stereocenters. The van der Waals surface area contributed by atoms with Crippen molar-refractivity contribution in [2.45, 2.75) is 26.2 Å². The first kappa shape index (κ1) is 21.6. The van der Waals surface area contributed by atoms with E-state index in [-0.39, 0.29) is 27.4 Å². The Hall–Kier alpha value is -3.12. The van der Waals surface area contributed by atoms with Crippen molar-refractivity contribution in [3.8, 4) is 0 Å². The minimum Gasteiger partial charge on any atom is -0.867 e. The van der Waals surface area contributed by atoms with E-state index in [1.165, 1.54) is 36.4 Å². The average Bonchev–Trinajstić information content (AvgIpc) is 2.70. The molecule has 0 fully saturated rings. The second-order valence-electron chi connectivity index (χ2n) is 7.86. The topological polar surface area (TPSA) is 39.0 Å². The zero-order valence-electron chi connectivity index (χ0n) is 16.9. The summed E-state index contributed by atoms with van der Waals surface area (Å²) in [7, 11) is 0. The van der Waals surface area contributed by atoms with Crippen LogP contribution in [0.15, 0.2) is 73.1 Å². The van der Waals surface area contributed by atoms with E-state index >= 15 is 0 Å². The summed E-state index contributed by atoms with van der Waals surface area (Å²) >= 11 is 5.48. The maximum atomic E-state index is 14.1. The van der Waals surface area contributed by atoms with Crippen molar-refractivity contribution in [3.63, 3.8) is 0 Å². The Kier molecular flexibility index (Phi) is 6.27. The van der Waals surface area contributed by atoms with Gasteiger partial charge in [-0.2, -0.15) is 4.57 Å². The Labute approximate surface area is 180 Å². The molecule has 1 aromatic heterocycles. The maximum absolute atomic E-state index is 14.1. The molecule has 0 amide bonds. The van der Waals surface area contributed by atoms with Gasteiger partial charge >= 0.3 is 0 Å².